The third kappa shape index (κ3) is 6.10. The molecule has 1 aliphatic rings. The number of likely N-dealkylation sites (tertiary alicyclic amines) is 1. The number of rotatable bonds is 7. The number of carbonyl (C=O) groups is 3. The lowest BCUT2D eigenvalue weighted by atomic mass is 10.1. The third-order valence-corrected chi connectivity index (χ3v) is 6.99. The molecule has 1 aliphatic heterocycles. The summed E-state index contributed by atoms with van der Waals surface area (Å²) in [6.45, 7) is 1.27. The van der Waals surface area contributed by atoms with Gasteiger partial charge in [-0.05, 0) is 59.3 Å². The Morgan fingerprint density at radius 1 is 1.09 bits per heavy atom. The summed E-state index contributed by atoms with van der Waals surface area (Å²) in [5.41, 5.74) is 1.57. The van der Waals surface area contributed by atoms with Crippen LogP contribution in [0.1, 0.15) is 45.7 Å². The Hall–Kier alpha value is -3.17. The Bertz CT molecular complexity index is 1220. The lowest BCUT2D eigenvalue weighted by molar-refractivity contribution is -0.132. The number of carbonyl (C=O) groups excluding carboxylic acids is 3. The molecule has 1 atom stereocenters. The van der Waals surface area contributed by atoms with E-state index in [2.05, 4.69) is 36.8 Å². The van der Waals surface area contributed by atoms with Crippen LogP contribution in [0.25, 0.3) is 0 Å². The number of nitrogens with zero attached hydrogens (tertiary/aromatic N) is 2. The van der Waals surface area contributed by atoms with Crippen molar-refractivity contribution in [3.8, 4) is 0 Å². The monoisotopic (exact) mass is 557 g/mol. The largest absolute Gasteiger partial charge is 0.341 e. The Morgan fingerprint density at radius 3 is 2.60 bits per heavy atom. The summed E-state index contributed by atoms with van der Waals surface area (Å²) in [5, 5.41) is 12.5. The summed E-state index contributed by atoms with van der Waals surface area (Å²) in [6.07, 6.45) is 3.04. The summed E-state index contributed by atoms with van der Waals surface area (Å²) in [6, 6.07) is 16.0. The molecular weight excluding hydrogens is 534 g/mol. The lowest BCUT2D eigenvalue weighted by Gasteiger charge is -2.25. The van der Waals surface area contributed by atoms with Gasteiger partial charge in [0.05, 0.1) is 15.1 Å². The molecule has 182 valence electrons. The van der Waals surface area contributed by atoms with Crippen LogP contribution in [-0.4, -0.2) is 52.0 Å². The normalized spacial score (nSPS) is 16.0. The number of nitrogens with one attached hydrogen (secondary N) is 3. The Balaban J connectivity index is 1.40. The summed E-state index contributed by atoms with van der Waals surface area (Å²) >= 11 is 9.42. The molecule has 0 bridgehead atoms. The fraction of sp³-hybridized carbons (Fsp3) is 0.280. The minimum Gasteiger partial charge on any atom is -0.341 e. The number of H-pyrrole nitrogens is 1. The van der Waals surface area contributed by atoms with Crippen LogP contribution in [0, 0.1) is 0 Å². The molecule has 2 heterocycles. The standard InChI is InChI=1S/C25H25BrClN5O3/c26-20-21(30-31-22(20)29-23(33)17-10-4-5-11-18(17)27)24(34)28-19-12-6-7-14-32(25(19)35)15-13-16-8-2-1-3-9-16/h1-5,8-11,19H,6-7,12-15H2,(H,28,34)(H2,29,30,31,33)/t19-/m1/s1. The van der Waals surface area contributed by atoms with Crippen molar-refractivity contribution in [3.05, 3.63) is 80.9 Å². The first-order valence-electron chi connectivity index (χ1n) is 11.4. The zero-order valence-electron chi connectivity index (χ0n) is 18.9. The lowest BCUT2D eigenvalue weighted by Crippen LogP contribution is -2.48. The second-order valence-electron chi connectivity index (χ2n) is 8.28. The molecule has 0 unspecified atom stereocenters. The highest BCUT2D eigenvalue weighted by Gasteiger charge is 2.30. The Kier molecular flexibility index (Phi) is 8.20. The summed E-state index contributed by atoms with van der Waals surface area (Å²) in [5.74, 6) is -0.875. The molecule has 0 aliphatic carbocycles. The van der Waals surface area contributed by atoms with Crippen LogP contribution in [0.5, 0.6) is 0 Å². The Morgan fingerprint density at radius 2 is 1.83 bits per heavy atom. The van der Waals surface area contributed by atoms with Crippen molar-refractivity contribution in [3.63, 3.8) is 0 Å². The van der Waals surface area contributed by atoms with E-state index in [9.17, 15) is 14.4 Å². The van der Waals surface area contributed by atoms with Gasteiger partial charge >= 0.3 is 0 Å². The maximum atomic E-state index is 13.2. The van der Waals surface area contributed by atoms with Crippen molar-refractivity contribution in [1.29, 1.82) is 0 Å². The van der Waals surface area contributed by atoms with Gasteiger partial charge in [0, 0.05) is 13.1 Å². The summed E-state index contributed by atoms with van der Waals surface area (Å²) < 4.78 is 0.289. The number of anilines is 1. The summed E-state index contributed by atoms with van der Waals surface area (Å²) in [7, 11) is 0. The predicted octanol–water partition coefficient (Wildman–Crippen LogP) is 4.43. The van der Waals surface area contributed by atoms with Crippen LogP contribution in [0.2, 0.25) is 5.02 Å². The van der Waals surface area contributed by atoms with Gasteiger partial charge < -0.3 is 15.5 Å². The van der Waals surface area contributed by atoms with Crippen LogP contribution in [-0.2, 0) is 11.2 Å². The topological polar surface area (TPSA) is 107 Å². The van der Waals surface area contributed by atoms with Gasteiger partial charge in [0.15, 0.2) is 5.82 Å². The van der Waals surface area contributed by atoms with Gasteiger partial charge in [-0.25, -0.2) is 0 Å². The first-order chi connectivity index (χ1) is 16.9. The van der Waals surface area contributed by atoms with Crippen LogP contribution in [0.3, 0.4) is 0 Å². The molecule has 1 saturated heterocycles. The van der Waals surface area contributed by atoms with Gasteiger partial charge in [0.2, 0.25) is 5.91 Å². The van der Waals surface area contributed by atoms with Crippen LogP contribution in [0.4, 0.5) is 5.82 Å². The predicted molar refractivity (Wildman–Crippen MR) is 138 cm³/mol. The summed E-state index contributed by atoms with van der Waals surface area (Å²) in [4.78, 5) is 40.5. The molecule has 3 aromatic rings. The van der Waals surface area contributed by atoms with Crippen molar-refractivity contribution in [1.82, 2.24) is 20.4 Å². The first kappa shape index (κ1) is 24.9. The number of hydrogen-bond donors (Lipinski definition) is 3. The van der Waals surface area contributed by atoms with E-state index >= 15 is 0 Å². The number of hydrogen-bond acceptors (Lipinski definition) is 4. The molecule has 1 aromatic heterocycles. The van der Waals surface area contributed by atoms with E-state index < -0.39 is 17.9 Å². The van der Waals surface area contributed by atoms with Crippen molar-refractivity contribution >= 4 is 51.1 Å². The highest BCUT2D eigenvalue weighted by Crippen LogP contribution is 2.26. The second-order valence-corrected chi connectivity index (χ2v) is 9.48. The molecule has 4 rings (SSSR count). The number of benzene rings is 2. The SMILES string of the molecule is O=C(Nc1n[nH]c(C(=O)N[C@@H]2CCCCN(CCc3ccccc3)C2=O)c1Br)c1ccccc1Cl. The van der Waals surface area contributed by atoms with Crippen LogP contribution < -0.4 is 10.6 Å². The average Bonchev–Trinajstić information content (AvgIpc) is 3.13. The molecular formula is C25H25BrClN5O3. The third-order valence-electron chi connectivity index (χ3n) is 5.88. The minimum atomic E-state index is -0.628. The molecule has 3 N–H and O–H groups in total. The highest BCUT2D eigenvalue weighted by atomic mass is 79.9. The fourth-order valence-electron chi connectivity index (χ4n) is 3.98. The van der Waals surface area contributed by atoms with Crippen LogP contribution >= 0.6 is 27.5 Å². The maximum absolute atomic E-state index is 13.2. The van der Waals surface area contributed by atoms with Gasteiger partial charge in [-0.3, -0.25) is 19.5 Å². The van der Waals surface area contributed by atoms with Crippen molar-refractivity contribution in [2.75, 3.05) is 18.4 Å². The molecule has 0 spiro atoms. The smallest absolute Gasteiger partial charge is 0.271 e. The average molecular weight is 559 g/mol. The van der Waals surface area contributed by atoms with Gasteiger partial charge in [0.25, 0.3) is 11.8 Å². The Labute approximate surface area is 216 Å². The number of aromatic nitrogens is 2. The van der Waals surface area contributed by atoms with E-state index in [0.717, 1.165) is 24.8 Å². The van der Waals surface area contributed by atoms with E-state index in [1.807, 2.05) is 35.2 Å². The molecule has 2 aromatic carbocycles. The van der Waals surface area contributed by atoms with Crippen molar-refractivity contribution in [2.24, 2.45) is 0 Å². The molecule has 35 heavy (non-hydrogen) atoms. The zero-order chi connectivity index (χ0) is 24.8. The van der Waals surface area contributed by atoms with Crippen molar-refractivity contribution in [2.45, 2.75) is 31.7 Å². The highest BCUT2D eigenvalue weighted by molar-refractivity contribution is 9.10. The van der Waals surface area contributed by atoms with Gasteiger partial charge in [-0.15, -0.1) is 0 Å². The quantitative estimate of drug-likeness (QED) is 0.399. The minimum absolute atomic E-state index is 0.0883. The molecule has 1 fully saturated rings. The number of halogens is 2. The molecule has 0 saturated carbocycles. The second kappa shape index (κ2) is 11.5. The first-order valence-corrected chi connectivity index (χ1v) is 12.5. The van der Waals surface area contributed by atoms with Gasteiger partial charge in [0.1, 0.15) is 11.7 Å². The number of amides is 3. The van der Waals surface area contributed by atoms with Gasteiger partial charge in [-0.1, -0.05) is 54.1 Å². The van der Waals surface area contributed by atoms with E-state index in [1.54, 1.807) is 24.3 Å². The van der Waals surface area contributed by atoms with Crippen LogP contribution in [0.15, 0.2) is 59.1 Å². The van der Waals surface area contributed by atoms with Crippen molar-refractivity contribution < 1.29 is 14.4 Å². The zero-order valence-corrected chi connectivity index (χ0v) is 21.2. The molecule has 3 amide bonds. The van der Waals surface area contributed by atoms with E-state index in [1.165, 1.54) is 0 Å². The van der Waals surface area contributed by atoms with E-state index in [0.29, 0.717) is 24.5 Å². The number of aromatic amines is 1. The molecule has 0 radical (unpaired) electrons. The maximum Gasteiger partial charge on any atom is 0.271 e. The fourth-order valence-corrected chi connectivity index (χ4v) is 4.66. The molecule has 8 nitrogen and oxygen atoms in total. The van der Waals surface area contributed by atoms with E-state index in [4.69, 9.17) is 11.6 Å². The van der Waals surface area contributed by atoms with Gasteiger partial charge in [-0.2, -0.15) is 5.10 Å². The van der Waals surface area contributed by atoms with E-state index in [-0.39, 0.29) is 27.5 Å². The molecule has 10 heteroatoms.